The van der Waals surface area contributed by atoms with Gasteiger partial charge in [0.2, 0.25) is 0 Å². The smallest absolute Gasteiger partial charge is 0.282 e. The lowest BCUT2D eigenvalue weighted by Crippen LogP contribution is -2.32. The average molecular weight is 420 g/mol. The molecule has 0 saturated heterocycles. The van der Waals surface area contributed by atoms with E-state index in [0.717, 1.165) is 15.5 Å². The van der Waals surface area contributed by atoms with Gasteiger partial charge >= 0.3 is 0 Å². The molecule has 4 rings (SSSR count). The highest BCUT2D eigenvalue weighted by atomic mass is 32.1. The number of thiophene rings is 1. The predicted molar refractivity (Wildman–Crippen MR) is 118 cm³/mol. The van der Waals surface area contributed by atoms with E-state index in [0.29, 0.717) is 29.3 Å². The quantitative estimate of drug-likeness (QED) is 0.568. The molecule has 1 aliphatic heterocycles. The molecule has 2 aromatic carbocycles. The molecule has 0 radical (unpaired) electrons. The lowest BCUT2D eigenvalue weighted by Gasteiger charge is -2.18. The number of rotatable bonds is 7. The van der Waals surface area contributed by atoms with Crippen LogP contribution < -0.4 is 19.7 Å². The van der Waals surface area contributed by atoms with Crippen LogP contribution in [0, 0.1) is 0 Å². The topological polar surface area (TPSA) is 67.9 Å². The van der Waals surface area contributed by atoms with Crippen molar-refractivity contribution in [3.05, 3.63) is 76.6 Å². The molecule has 0 bridgehead atoms. The molecule has 2 heterocycles. The van der Waals surface area contributed by atoms with Crippen LogP contribution in [-0.4, -0.2) is 25.5 Å². The SMILES string of the molecule is CCOc1ccc(NC2=C(c3cccs3)C(=O)N(c3ccccc3OC)C2=O)cc1. The Morgan fingerprint density at radius 1 is 0.967 bits per heavy atom. The summed E-state index contributed by atoms with van der Waals surface area (Å²) < 4.78 is 10.8. The van der Waals surface area contributed by atoms with Crippen LogP contribution in [0.1, 0.15) is 11.8 Å². The molecule has 0 saturated carbocycles. The highest BCUT2D eigenvalue weighted by molar-refractivity contribution is 7.11. The van der Waals surface area contributed by atoms with E-state index < -0.39 is 5.91 Å². The van der Waals surface area contributed by atoms with Gasteiger partial charge in [-0.3, -0.25) is 9.59 Å². The van der Waals surface area contributed by atoms with Gasteiger partial charge in [-0.05, 0) is 54.8 Å². The average Bonchev–Trinajstić information content (AvgIpc) is 3.36. The van der Waals surface area contributed by atoms with Crippen LogP contribution in [0.2, 0.25) is 0 Å². The molecule has 2 amide bonds. The summed E-state index contributed by atoms with van der Waals surface area (Å²) >= 11 is 1.41. The first kappa shape index (κ1) is 19.7. The maximum Gasteiger partial charge on any atom is 0.282 e. The Balaban J connectivity index is 1.75. The van der Waals surface area contributed by atoms with E-state index in [1.165, 1.54) is 18.4 Å². The number of hydrogen-bond acceptors (Lipinski definition) is 6. The summed E-state index contributed by atoms with van der Waals surface area (Å²) in [6, 6.07) is 17.9. The molecule has 7 heteroatoms. The number of imide groups is 1. The van der Waals surface area contributed by atoms with Crippen LogP contribution >= 0.6 is 11.3 Å². The summed E-state index contributed by atoms with van der Waals surface area (Å²) in [6.07, 6.45) is 0. The van der Waals surface area contributed by atoms with Crippen molar-refractivity contribution in [1.82, 2.24) is 0 Å². The summed E-state index contributed by atoms with van der Waals surface area (Å²) in [7, 11) is 1.51. The van der Waals surface area contributed by atoms with E-state index in [2.05, 4.69) is 5.32 Å². The summed E-state index contributed by atoms with van der Waals surface area (Å²) in [5.74, 6) is 0.370. The van der Waals surface area contributed by atoms with E-state index >= 15 is 0 Å². The number of nitrogens with one attached hydrogen (secondary N) is 1. The van der Waals surface area contributed by atoms with Crippen molar-refractivity contribution in [1.29, 1.82) is 0 Å². The first-order valence-electron chi connectivity index (χ1n) is 9.44. The van der Waals surface area contributed by atoms with Gasteiger partial charge in [-0.1, -0.05) is 18.2 Å². The summed E-state index contributed by atoms with van der Waals surface area (Å²) in [6.45, 7) is 2.49. The van der Waals surface area contributed by atoms with Crippen LogP contribution in [0.5, 0.6) is 11.5 Å². The van der Waals surface area contributed by atoms with Gasteiger partial charge in [-0.25, -0.2) is 4.90 Å². The zero-order chi connectivity index (χ0) is 21.1. The maximum absolute atomic E-state index is 13.4. The molecular formula is C23H20N2O4S. The van der Waals surface area contributed by atoms with Crippen LogP contribution in [-0.2, 0) is 9.59 Å². The second kappa shape index (κ2) is 8.42. The molecule has 1 aliphatic rings. The summed E-state index contributed by atoms with van der Waals surface area (Å²) in [4.78, 5) is 28.6. The third kappa shape index (κ3) is 3.55. The Bertz CT molecular complexity index is 1100. The highest BCUT2D eigenvalue weighted by Crippen LogP contribution is 2.38. The minimum absolute atomic E-state index is 0.234. The minimum Gasteiger partial charge on any atom is -0.495 e. The predicted octanol–water partition coefficient (Wildman–Crippen LogP) is 4.55. The number of carbonyl (C=O) groups excluding carboxylic acids is 2. The monoisotopic (exact) mass is 420 g/mol. The largest absolute Gasteiger partial charge is 0.495 e. The number of methoxy groups -OCH3 is 1. The van der Waals surface area contributed by atoms with Gasteiger partial charge in [0.1, 0.15) is 17.2 Å². The molecule has 30 heavy (non-hydrogen) atoms. The maximum atomic E-state index is 13.4. The fourth-order valence-electron chi connectivity index (χ4n) is 3.27. The lowest BCUT2D eigenvalue weighted by atomic mass is 10.2. The molecule has 0 fully saturated rings. The van der Waals surface area contributed by atoms with Crippen molar-refractivity contribution >= 4 is 40.1 Å². The Morgan fingerprint density at radius 2 is 1.73 bits per heavy atom. The molecule has 1 aromatic heterocycles. The van der Waals surface area contributed by atoms with Crippen LogP contribution in [0.4, 0.5) is 11.4 Å². The van der Waals surface area contributed by atoms with E-state index in [1.54, 1.807) is 24.3 Å². The Hall–Kier alpha value is -3.58. The number of carbonyl (C=O) groups is 2. The third-order valence-electron chi connectivity index (χ3n) is 4.61. The number of nitrogens with zero attached hydrogens (tertiary/aromatic N) is 1. The molecule has 0 atom stereocenters. The fraction of sp³-hybridized carbons (Fsp3) is 0.130. The Labute approximate surface area is 178 Å². The van der Waals surface area contributed by atoms with Gasteiger partial charge in [0.25, 0.3) is 11.8 Å². The van der Waals surface area contributed by atoms with Crippen LogP contribution in [0.15, 0.2) is 71.7 Å². The van der Waals surface area contributed by atoms with Crippen molar-refractivity contribution in [2.24, 2.45) is 0 Å². The Kier molecular flexibility index (Phi) is 5.54. The molecule has 0 spiro atoms. The van der Waals surface area contributed by atoms with Crippen molar-refractivity contribution in [2.45, 2.75) is 6.92 Å². The van der Waals surface area contributed by atoms with Gasteiger partial charge in [0.15, 0.2) is 0 Å². The molecule has 1 N–H and O–H groups in total. The second-order valence-electron chi connectivity index (χ2n) is 6.43. The van der Waals surface area contributed by atoms with E-state index in [-0.39, 0.29) is 11.6 Å². The Morgan fingerprint density at radius 3 is 2.40 bits per heavy atom. The number of ether oxygens (including phenoxy) is 2. The van der Waals surface area contributed by atoms with Crippen molar-refractivity contribution in [3.63, 3.8) is 0 Å². The molecule has 0 aliphatic carbocycles. The normalized spacial score (nSPS) is 13.7. The molecular weight excluding hydrogens is 400 g/mol. The minimum atomic E-state index is -0.429. The van der Waals surface area contributed by atoms with E-state index in [4.69, 9.17) is 9.47 Å². The molecule has 3 aromatic rings. The number of benzene rings is 2. The summed E-state index contributed by atoms with van der Waals surface area (Å²) in [5.41, 5.74) is 1.67. The van der Waals surface area contributed by atoms with Crippen molar-refractivity contribution in [2.75, 3.05) is 23.9 Å². The van der Waals surface area contributed by atoms with Gasteiger partial charge in [0.05, 0.1) is 25.0 Å². The zero-order valence-electron chi connectivity index (χ0n) is 16.5. The van der Waals surface area contributed by atoms with Gasteiger partial charge in [-0.2, -0.15) is 0 Å². The van der Waals surface area contributed by atoms with Gasteiger partial charge in [0, 0.05) is 10.6 Å². The van der Waals surface area contributed by atoms with E-state index in [1.807, 2.05) is 48.7 Å². The second-order valence-corrected chi connectivity index (χ2v) is 7.37. The molecule has 6 nitrogen and oxygen atoms in total. The van der Waals surface area contributed by atoms with Crippen molar-refractivity contribution < 1.29 is 19.1 Å². The van der Waals surface area contributed by atoms with Crippen LogP contribution in [0.25, 0.3) is 5.57 Å². The number of amides is 2. The summed E-state index contributed by atoms with van der Waals surface area (Å²) in [5, 5.41) is 5.02. The van der Waals surface area contributed by atoms with E-state index in [9.17, 15) is 9.59 Å². The fourth-order valence-corrected chi connectivity index (χ4v) is 4.04. The highest BCUT2D eigenvalue weighted by Gasteiger charge is 2.41. The van der Waals surface area contributed by atoms with Crippen molar-refractivity contribution in [3.8, 4) is 11.5 Å². The molecule has 0 unspecified atom stereocenters. The number of hydrogen-bond donors (Lipinski definition) is 1. The number of para-hydroxylation sites is 2. The lowest BCUT2D eigenvalue weighted by molar-refractivity contribution is -0.120. The van der Waals surface area contributed by atoms with Gasteiger partial charge in [-0.15, -0.1) is 11.3 Å². The zero-order valence-corrected chi connectivity index (χ0v) is 17.4. The third-order valence-corrected chi connectivity index (χ3v) is 5.50. The first-order valence-corrected chi connectivity index (χ1v) is 10.3. The van der Waals surface area contributed by atoms with Crippen LogP contribution in [0.3, 0.4) is 0 Å². The molecule has 152 valence electrons. The standard InChI is InChI=1S/C23H20N2O4S/c1-3-29-16-12-10-15(11-13-16)24-21-20(19-9-6-14-30-19)22(26)25(23(21)27)17-7-4-5-8-18(17)28-2/h4-14,24H,3H2,1-2H3. The number of anilines is 2. The first-order chi connectivity index (χ1) is 14.6. The van der Waals surface area contributed by atoms with Gasteiger partial charge < -0.3 is 14.8 Å².